The molecule has 0 saturated heterocycles. The van der Waals surface area contributed by atoms with Gasteiger partial charge in [0.25, 0.3) is 5.91 Å². The summed E-state index contributed by atoms with van der Waals surface area (Å²) in [5, 5.41) is 0. The van der Waals surface area contributed by atoms with Crippen LogP contribution in [0, 0.1) is 0 Å². The Bertz CT molecular complexity index is 434. The van der Waals surface area contributed by atoms with Crippen molar-refractivity contribution in [2.75, 3.05) is 5.73 Å². The van der Waals surface area contributed by atoms with Crippen LogP contribution in [0.5, 0.6) is 0 Å². The molecule has 84 valence electrons. The van der Waals surface area contributed by atoms with Crippen LogP contribution in [0.3, 0.4) is 0 Å². The van der Waals surface area contributed by atoms with E-state index in [4.69, 9.17) is 11.5 Å². The molecule has 0 atom stereocenters. The number of carbonyl (C=O) groups is 1. The van der Waals surface area contributed by atoms with Crippen molar-refractivity contribution in [1.29, 1.82) is 0 Å². The molecule has 2 heterocycles. The molecule has 2 aromatic heterocycles. The van der Waals surface area contributed by atoms with Gasteiger partial charge in [-0.2, -0.15) is 0 Å². The molecule has 0 aliphatic rings. The minimum absolute atomic E-state index is 0.303. The fraction of sp³-hybridized carbons (Fsp3) is 0.0909. The van der Waals surface area contributed by atoms with Crippen molar-refractivity contribution in [3.8, 4) is 0 Å². The quantitative estimate of drug-likeness (QED) is 0.741. The van der Waals surface area contributed by atoms with Crippen LogP contribution in [0.25, 0.3) is 0 Å². The molecule has 16 heavy (non-hydrogen) atoms. The summed E-state index contributed by atoms with van der Waals surface area (Å²) in [6.45, 7) is 0. The van der Waals surface area contributed by atoms with Crippen molar-refractivity contribution < 1.29 is 4.79 Å². The second-order valence-corrected chi connectivity index (χ2v) is 3.12. The first-order valence-electron chi connectivity index (χ1n) is 4.69. The van der Waals surface area contributed by atoms with Crippen molar-refractivity contribution in [3.05, 3.63) is 48.4 Å². The number of aromatic nitrogens is 2. The largest absolute Gasteiger partial charge is 0.385 e. The van der Waals surface area contributed by atoms with Gasteiger partial charge in [-0.1, -0.05) is 6.07 Å². The fourth-order valence-electron chi connectivity index (χ4n) is 0.983. The minimum Gasteiger partial charge on any atom is -0.385 e. The van der Waals surface area contributed by atoms with E-state index >= 15 is 0 Å². The van der Waals surface area contributed by atoms with Gasteiger partial charge < -0.3 is 16.0 Å². The van der Waals surface area contributed by atoms with E-state index in [0.29, 0.717) is 5.69 Å². The van der Waals surface area contributed by atoms with Gasteiger partial charge in [-0.25, -0.2) is 0 Å². The maximum Gasteiger partial charge on any atom is 0.267 e. The molecule has 0 aliphatic carbocycles. The Morgan fingerprint density at radius 2 is 2.06 bits per heavy atom. The van der Waals surface area contributed by atoms with Crippen LogP contribution in [-0.4, -0.2) is 15.5 Å². The Kier molecular flexibility index (Phi) is 4.08. The maximum absolute atomic E-state index is 10.4. The maximum atomic E-state index is 10.4. The molecular weight excluding hydrogens is 204 g/mol. The molecule has 2 rings (SSSR count). The van der Waals surface area contributed by atoms with Gasteiger partial charge in [0.1, 0.15) is 11.5 Å². The minimum atomic E-state index is -0.490. The molecule has 2 aromatic rings. The second kappa shape index (κ2) is 5.55. The predicted octanol–water partition coefficient (Wildman–Crippen LogP) is 0.788. The smallest absolute Gasteiger partial charge is 0.267 e. The highest BCUT2D eigenvalue weighted by Gasteiger charge is 1.95. The van der Waals surface area contributed by atoms with Gasteiger partial charge >= 0.3 is 0 Å². The number of nitrogens with two attached hydrogens (primary N) is 2. The van der Waals surface area contributed by atoms with Gasteiger partial charge in [0, 0.05) is 19.4 Å². The Hall–Kier alpha value is -2.30. The number of amides is 1. The molecule has 0 radical (unpaired) electrons. The van der Waals surface area contributed by atoms with E-state index in [2.05, 4.69) is 4.98 Å². The number of hydrogen-bond donors (Lipinski definition) is 2. The van der Waals surface area contributed by atoms with Crippen LogP contribution < -0.4 is 11.5 Å². The molecular formula is C11H14N4O. The number of pyridine rings is 1. The number of nitrogen functional groups attached to an aromatic ring is 1. The standard InChI is InChI=1S/C6H6N2O.C5H8N2/c7-6(9)5-3-1-2-4-8-5;1-7-4-2-3-5(7)6/h1-4H,(H2,7,9);2-4H,6H2,1H3. The summed E-state index contributed by atoms with van der Waals surface area (Å²) in [5.74, 6) is 0.315. The molecule has 0 aromatic carbocycles. The lowest BCUT2D eigenvalue weighted by Gasteiger charge is -1.89. The highest BCUT2D eigenvalue weighted by Crippen LogP contribution is 1.97. The van der Waals surface area contributed by atoms with Crippen LogP contribution in [0.2, 0.25) is 0 Å². The summed E-state index contributed by atoms with van der Waals surface area (Å²) in [6.07, 6.45) is 3.44. The lowest BCUT2D eigenvalue weighted by molar-refractivity contribution is 0.0995. The van der Waals surface area contributed by atoms with Gasteiger partial charge in [-0.15, -0.1) is 0 Å². The molecule has 0 aliphatic heterocycles. The van der Waals surface area contributed by atoms with Gasteiger partial charge in [-0.3, -0.25) is 9.78 Å². The third kappa shape index (κ3) is 3.45. The lowest BCUT2D eigenvalue weighted by Crippen LogP contribution is -2.12. The van der Waals surface area contributed by atoms with Gasteiger partial charge in [-0.05, 0) is 24.3 Å². The molecule has 0 bridgehead atoms. The molecule has 0 saturated carbocycles. The molecule has 5 heteroatoms. The van der Waals surface area contributed by atoms with Crippen LogP contribution in [0.1, 0.15) is 10.5 Å². The highest BCUT2D eigenvalue weighted by atomic mass is 16.1. The monoisotopic (exact) mass is 218 g/mol. The van der Waals surface area contributed by atoms with E-state index in [9.17, 15) is 4.79 Å². The van der Waals surface area contributed by atoms with Gasteiger partial charge in [0.2, 0.25) is 0 Å². The first-order chi connectivity index (χ1) is 7.61. The average Bonchev–Trinajstić information content (AvgIpc) is 2.65. The average molecular weight is 218 g/mol. The number of hydrogen-bond acceptors (Lipinski definition) is 3. The van der Waals surface area contributed by atoms with Crippen LogP contribution in [0.4, 0.5) is 5.82 Å². The molecule has 0 fully saturated rings. The van der Waals surface area contributed by atoms with Crippen LogP contribution in [-0.2, 0) is 7.05 Å². The first kappa shape index (κ1) is 11.8. The Balaban J connectivity index is 0.000000165. The van der Waals surface area contributed by atoms with Gasteiger partial charge in [0.15, 0.2) is 0 Å². The number of primary amides is 1. The predicted molar refractivity (Wildman–Crippen MR) is 62.6 cm³/mol. The fourth-order valence-corrected chi connectivity index (χ4v) is 0.983. The lowest BCUT2D eigenvalue weighted by atomic mass is 10.3. The zero-order valence-electron chi connectivity index (χ0n) is 9.00. The molecule has 1 amide bonds. The van der Waals surface area contributed by atoms with Crippen molar-refractivity contribution in [3.63, 3.8) is 0 Å². The Labute approximate surface area is 93.7 Å². The van der Waals surface area contributed by atoms with E-state index < -0.39 is 5.91 Å². The number of anilines is 1. The Morgan fingerprint density at radius 1 is 1.31 bits per heavy atom. The highest BCUT2D eigenvalue weighted by molar-refractivity contribution is 5.90. The number of aryl methyl sites for hydroxylation is 1. The van der Waals surface area contributed by atoms with Crippen LogP contribution >= 0.6 is 0 Å². The Morgan fingerprint density at radius 3 is 2.31 bits per heavy atom. The summed E-state index contributed by atoms with van der Waals surface area (Å²) < 4.78 is 1.86. The number of rotatable bonds is 1. The summed E-state index contributed by atoms with van der Waals surface area (Å²) in [6, 6.07) is 8.79. The SMILES string of the molecule is Cn1cccc1N.NC(=O)c1ccccn1. The summed E-state index contributed by atoms with van der Waals surface area (Å²) in [5.41, 5.74) is 10.6. The third-order valence-electron chi connectivity index (χ3n) is 1.90. The normalized spacial score (nSPS) is 9.06. The van der Waals surface area contributed by atoms with E-state index in [1.54, 1.807) is 18.2 Å². The van der Waals surface area contributed by atoms with E-state index in [1.807, 2.05) is 29.9 Å². The zero-order chi connectivity index (χ0) is 12.0. The molecule has 5 nitrogen and oxygen atoms in total. The second-order valence-electron chi connectivity index (χ2n) is 3.12. The third-order valence-corrected chi connectivity index (χ3v) is 1.90. The molecule has 0 spiro atoms. The summed E-state index contributed by atoms with van der Waals surface area (Å²) >= 11 is 0. The summed E-state index contributed by atoms with van der Waals surface area (Å²) in [7, 11) is 1.91. The van der Waals surface area contributed by atoms with Gasteiger partial charge in [0.05, 0.1) is 0 Å². The van der Waals surface area contributed by atoms with E-state index in [0.717, 1.165) is 5.82 Å². The van der Waals surface area contributed by atoms with E-state index in [1.165, 1.54) is 6.20 Å². The van der Waals surface area contributed by atoms with E-state index in [-0.39, 0.29) is 0 Å². The van der Waals surface area contributed by atoms with Crippen molar-refractivity contribution in [2.24, 2.45) is 12.8 Å². The topological polar surface area (TPSA) is 86.9 Å². The van der Waals surface area contributed by atoms with Crippen molar-refractivity contribution >= 4 is 11.7 Å². The molecule has 0 unspecified atom stereocenters. The number of carbonyl (C=O) groups excluding carboxylic acids is 1. The molecule has 4 N–H and O–H groups in total. The summed E-state index contributed by atoms with van der Waals surface area (Å²) in [4.78, 5) is 14.1. The van der Waals surface area contributed by atoms with Crippen molar-refractivity contribution in [2.45, 2.75) is 0 Å². The van der Waals surface area contributed by atoms with Crippen molar-refractivity contribution in [1.82, 2.24) is 9.55 Å². The number of nitrogens with zero attached hydrogens (tertiary/aromatic N) is 2. The zero-order valence-corrected chi connectivity index (χ0v) is 9.00. The van der Waals surface area contributed by atoms with Crippen LogP contribution in [0.15, 0.2) is 42.7 Å². The first-order valence-corrected chi connectivity index (χ1v) is 4.69.